The molecule has 0 bridgehead atoms. The summed E-state index contributed by atoms with van der Waals surface area (Å²) < 4.78 is 1.92. The van der Waals surface area contributed by atoms with E-state index in [2.05, 4.69) is 21.6 Å². The third kappa shape index (κ3) is 5.27. The number of nitrogens with one attached hydrogen (secondary N) is 1. The molecule has 1 heterocycles. The summed E-state index contributed by atoms with van der Waals surface area (Å²) in [7, 11) is 0. The van der Waals surface area contributed by atoms with E-state index in [1.165, 1.54) is 11.8 Å². The Morgan fingerprint density at radius 1 is 1.19 bits per heavy atom. The minimum absolute atomic E-state index is 0.0147. The highest BCUT2D eigenvalue weighted by atomic mass is 35.5. The number of hydrogen-bond donors (Lipinski definition) is 1. The van der Waals surface area contributed by atoms with Crippen molar-refractivity contribution >= 4 is 29.3 Å². The van der Waals surface area contributed by atoms with Crippen molar-refractivity contribution in [1.82, 2.24) is 20.1 Å². The third-order valence-corrected chi connectivity index (χ3v) is 6.33. The molecule has 1 amide bonds. The van der Waals surface area contributed by atoms with Gasteiger partial charge in [-0.05, 0) is 56.2 Å². The lowest BCUT2D eigenvalue weighted by atomic mass is 9.90. The number of nitriles is 1. The van der Waals surface area contributed by atoms with Gasteiger partial charge in [0.2, 0.25) is 5.91 Å². The van der Waals surface area contributed by atoms with E-state index in [4.69, 9.17) is 11.6 Å². The standard InChI is InChI=1S/C23H24ClN5OS/c1-15(2)23(4,14-25)26-20(30)13-31-22-28-27-21(17-7-9-18(24)10-8-17)29(22)19-11-5-16(3)6-12-19/h5-12,15H,13H2,1-4H3,(H,26,30)/t23-/m1/s1. The second-order valence-electron chi connectivity index (χ2n) is 7.79. The Balaban J connectivity index is 1.90. The summed E-state index contributed by atoms with van der Waals surface area (Å²) in [6, 6.07) is 17.6. The van der Waals surface area contributed by atoms with Gasteiger partial charge in [0.05, 0.1) is 11.8 Å². The van der Waals surface area contributed by atoms with Crippen molar-refractivity contribution in [1.29, 1.82) is 5.26 Å². The smallest absolute Gasteiger partial charge is 0.231 e. The van der Waals surface area contributed by atoms with Gasteiger partial charge >= 0.3 is 0 Å². The molecule has 0 radical (unpaired) electrons. The third-order valence-electron chi connectivity index (χ3n) is 5.15. The number of halogens is 1. The fourth-order valence-corrected chi connectivity index (χ4v) is 3.71. The van der Waals surface area contributed by atoms with Gasteiger partial charge in [0.15, 0.2) is 11.0 Å². The molecule has 0 spiro atoms. The molecule has 6 nitrogen and oxygen atoms in total. The molecule has 2 aromatic carbocycles. The topological polar surface area (TPSA) is 83.6 Å². The molecule has 8 heteroatoms. The number of benzene rings is 2. The summed E-state index contributed by atoms with van der Waals surface area (Å²) >= 11 is 7.31. The first-order valence-corrected chi connectivity index (χ1v) is 11.2. The fraction of sp³-hybridized carbons (Fsp3) is 0.304. The zero-order valence-corrected chi connectivity index (χ0v) is 19.5. The maximum absolute atomic E-state index is 12.5. The number of carbonyl (C=O) groups excluding carboxylic acids is 1. The van der Waals surface area contributed by atoms with Gasteiger partial charge in [-0.25, -0.2) is 0 Å². The number of aryl methyl sites for hydroxylation is 1. The minimum Gasteiger partial charge on any atom is -0.337 e. The fourth-order valence-electron chi connectivity index (χ4n) is 2.83. The molecule has 0 aliphatic carbocycles. The second kappa shape index (κ2) is 9.54. The molecule has 160 valence electrons. The van der Waals surface area contributed by atoms with Gasteiger partial charge in [-0.1, -0.05) is 54.9 Å². The van der Waals surface area contributed by atoms with E-state index in [1.54, 1.807) is 19.1 Å². The SMILES string of the molecule is Cc1ccc(-n2c(SCC(=O)N[C@](C)(C#N)C(C)C)nnc2-c2ccc(Cl)cc2)cc1. The molecule has 1 N–H and O–H groups in total. The van der Waals surface area contributed by atoms with Crippen molar-refractivity contribution in [2.24, 2.45) is 5.92 Å². The first-order chi connectivity index (χ1) is 14.7. The highest BCUT2D eigenvalue weighted by molar-refractivity contribution is 7.99. The van der Waals surface area contributed by atoms with Crippen LogP contribution in [-0.2, 0) is 4.79 Å². The van der Waals surface area contributed by atoms with Crippen molar-refractivity contribution in [3.05, 3.63) is 59.1 Å². The van der Waals surface area contributed by atoms with E-state index < -0.39 is 5.54 Å². The lowest BCUT2D eigenvalue weighted by molar-refractivity contribution is -0.120. The Labute approximate surface area is 191 Å². The van der Waals surface area contributed by atoms with E-state index >= 15 is 0 Å². The Hall–Kier alpha value is -2.82. The summed E-state index contributed by atoms with van der Waals surface area (Å²) in [5.74, 6) is 0.537. The normalized spacial score (nSPS) is 12.9. The Bertz CT molecular complexity index is 1100. The molecular weight excluding hydrogens is 430 g/mol. The lowest BCUT2D eigenvalue weighted by Crippen LogP contribution is -2.49. The van der Waals surface area contributed by atoms with Crippen molar-refractivity contribution in [3.8, 4) is 23.1 Å². The molecule has 31 heavy (non-hydrogen) atoms. The van der Waals surface area contributed by atoms with Crippen LogP contribution >= 0.6 is 23.4 Å². The Morgan fingerprint density at radius 2 is 1.84 bits per heavy atom. The van der Waals surface area contributed by atoms with Gasteiger partial charge in [-0.2, -0.15) is 5.26 Å². The average molecular weight is 454 g/mol. The van der Waals surface area contributed by atoms with Crippen LogP contribution in [0.1, 0.15) is 26.3 Å². The van der Waals surface area contributed by atoms with Crippen LogP contribution in [0.15, 0.2) is 53.7 Å². The molecule has 0 aliphatic rings. The van der Waals surface area contributed by atoms with Gasteiger partial charge in [0.1, 0.15) is 5.54 Å². The van der Waals surface area contributed by atoms with Crippen LogP contribution in [0.4, 0.5) is 0 Å². The van der Waals surface area contributed by atoms with Crippen molar-refractivity contribution in [2.45, 2.75) is 38.4 Å². The van der Waals surface area contributed by atoms with Crippen molar-refractivity contribution in [2.75, 3.05) is 5.75 Å². The highest BCUT2D eigenvalue weighted by Crippen LogP contribution is 2.29. The quantitative estimate of drug-likeness (QED) is 0.506. The van der Waals surface area contributed by atoms with Crippen LogP contribution in [-0.4, -0.2) is 32.0 Å². The van der Waals surface area contributed by atoms with Gasteiger partial charge in [-0.15, -0.1) is 10.2 Å². The van der Waals surface area contributed by atoms with Crippen molar-refractivity contribution in [3.63, 3.8) is 0 Å². The number of thioether (sulfide) groups is 1. The zero-order valence-electron chi connectivity index (χ0n) is 17.9. The van der Waals surface area contributed by atoms with E-state index in [-0.39, 0.29) is 17.6 Å². The summed E-state index contributed by atoms with van der Waals surface area (Å²) in [6.07, 6.45) is 0. The van der Waals surface area contributed by atoms with Crippen LogP contribution in [0.25, 0.3) is 17.1 Å². The molecule has 0 saturated carbocycles. The minimum atomic E-state index is -0.920. The second-order valence-corrected chi connectivity index (χ2v) is 9.17. The lowest BCUT2D eigenvalue weighted by Gasteiger charge is -2.27. The van der Waals surface area contributed by atoms with E-state index in [9.17, 15) is 10.1 Å². The number of hydrogen-bond acceptors (Lipinski definition) is 5. The molecule has 1 aromatic heterocycles. The predicted octanol–water partition coefficient (Wildman–Crippen LogP) is 5.04. The summed E-state index contributed by atoms with van der Waals surface area (Å²) in [4.78, 5) is 12.5. The van der Waals surface area contributed by atoms with Gasteiger partial charge < -0.3 is 5.32 Å². The predicted molar refractivity (Wildman–Crippen MR) is 124 cm³/mol. The molecule has 1 atom stereocenters. The molecule has 3 aromatic rings. The van der Waals surface area contributed by atoms with E-state index in [0.717, 1.165) is 16.8 Å². The monoisotopic (exact) mass is 453 g/mol. The Morgan fingerprint density at radius 3 is 2.42 bits per heavy atom. The molecule has 0 fully saturated rings. The van der Waals surface area contributed by atoms with E-state index in [0.29, 0.717) is 16.0 Å². The van der Waals surface area contributed by atoms with Crippen LogP contribution < -0.4 is 5.32 Å². The van der Waals surface area contributed by atoms with Gasteiger partial charge in [0, 0.05) is 16.3 Å². The molecule has 0 unspecified atom stereocenters. The van der Waals surface area contributed by atoms with Crippen molar-refractivity contribution < 1.29 is 4.79 Å². The van der Waals surface area contributed by atoms with Gasteiger partial charge in [0.25, 0.3) is 0 Å². The molecule has 0 aliphatic heterocycles. The first-order valence-electron chi connectivity index (χ1n) is 9.87. The highest BCUT2D eigenvalue weighted by Gasteiger charge is 2.30. The average Bonchev–Trinajstić information content (AvgIpc) is 3.17. The summed E-state index contributed by atoms with van der Waals surface area (Å²) in [5, 5.41) is 22.2. The molecule has 0 saturated heterocycles. The van der Waals surface area contributed by atoms with Crippen LogP contribution in [0.2, 0.25) is 5.02 Å². The maximum atomic E-state index is 12.5. The first kappa shape index (κ1) is 22.9. The van der Waals surface area contributed by atoms with Gasteiger partial charge in [-0.3, -0.25) is 9.36 Å². The number of aromatic nitrogens is 3. The molecule has 3 rings (SSSR count). The van der Waals surface area contributed by atoms with Crippen LogP contribution in [0.3, 0.4) is 0 Å². The largest absolute Gasteiger partial charge is 0.337 e. The number of carbonyl (C=O) groups is 1. The van der Waals surface area contributed by atoms with E-state index in [1.807, 2.05) is 61.7 Å². The maximum Gasteiger partial charge on any atom is 0.231 e. The number of nitrogens with zero attached hydrogens (tertiary/aromatic N) is 4. The van der Waals surface area contributed by atoms with Crippen LogP contribution in [0, 0.1) is 24.2 Å². The summed E-state index contributed by atoms with van der Waals surface area (Å²) in [5.41, 5.74) is 1.98. The molecular formula is C23H24ClN5OS. The Kier molecular flexibility index (Phi) is 7.04. The number of amides is 1. The number of rotatable bonds is 7. The summed E-state index contributed by atoms with van der Waals surface area (Å²) in [6.45, 7) is 7.57. The zero-order chi connectivity index (χ0) is 22.6. The van der Waals surface area contributed by atoms with Crippen LogP contribution in [0.5, 0.6) is 0 Å².